The first-order valence-corrected chi connectivity index (χ1v) is 6.73. The number of rotatable bonds is 5. The largest absolute Gasteiger partial charge is 0.484 e. The molecule has 1 fully saturated rings. The predicted octanol–water partition coefficient (Wildman–Crippen LogP) is 1.17. The number of hydrazine groups is 1. The van der Waals surface area contributed by atoms with Gasteiger partial charge in [-0.3, -0.25) is 10.2 Å². The summed E-state index contributed by atoms with van der Waals surface area (Å²) in [7, 11) is 0. The Kier molecular flexibility index (Phi) is 4.92. The minimum atomic E-state index is -0.331. The molecule has 6 heteroatoms. The number of benzene rings is 1. The van der Waals surface area contributed by atoms with Crippen LogP contribution in [0.25, 0.3) is 0 Å². The Labute approximate surface area is 117 Å². The molecule has 0 spiro atoms. The molecule has 1 saturated heterocycles. The number of hydrogen-bond acceptors (Lipinski definition) is 4. The first-order valence-electron chi connectivity index (χ1n) is 6.73. The Morgan fingerprint density at radius 1 is 1.40 bits per heavy atom. The normalized spacial score (nSPS) is 22.0. The lowest BCUT2D eigenvalue weighted by Crippen LogP contribution is -2.46. The lowest BCUT2D eigenvalue weighted by atomic mass is 10.0. The van der Waals surface area contributed by atoms with E-state index in [-0.39, 0.29) is 24.5 Å². The molecule has 1 aromatic rings. The van der Waals surface area contributed by atoms with Gasteiger partial charge in [-0.1, -0.05) is 13.8 Å². The highest BCUT2D eigenvalue weighted by Crippen LogP contribution is 2.12. The van der Waals surface area contributed by atoms with Gasteiger partial charge in [-0.05, 0) is 36.6 Å². The van der Waals surface area contributed by atoms with E-state index in [2.05, 4.69) is 30.0 Å². The Morgan fingerprint density at radius 2 is 2.10 bits per heavy atom. The maximum absolute atomic E-state index is 12.7. The average Bonchev–Trinajstić information content (AvgIpc) is 2.87. The SMILES string of the molecule is CC(C)C1CC(NC(=O)COc2ccc(F)cc2)NN1. The second-order valence-corrected chi connectivity index (χ2v) is 5.24. The molecule has 0 saturated carbocycles. The quantitative estimate of drug-likeness (QED) is 0.758. The standard InChI is InChI=1S/C14H20FN3O2/c1-9(2)12-7-13(18-17-12)16-14(19)8-20-11-5-3-10(15)4-6-11/h3-6,9,12-13,17-18H,7-8H2,1-2H3,(H,16,19). The first kappa shape index (κ1) is 14.7. The van der Waals surface area contributed by atoms with Crippen molar-refractivity contribution in [1.29, 1.82) is 0 Å². The number of carbonyl (C=O) groups excluding carboxylic acids is 1. The predicted molar refractivity (Wildman–Crippen MR) is 73.3 cm³/mol. The molecule has 1 aliphatic rings. The molecule has 1 aliphatic heterocycles. The summed E-state index contributed by atoms with van der Waals surface area (Å²) in [5.74, 6) is 0.430. The molecule has 5 nitrogen and oxygen atoms in total. The fraction of sp³-hybridized carbons (Fsp3) is 0.500. The molecule has 20 heavy (non-hydrogen) atoms. The molecule has 2 atom stereocenters. The van der Waals surface area contributed by atoms with Gasteiger partial charge in [-0.25, -0.2) is 9.82 Å². The van der Waals surface area contributed by atoms with Crippen LogP contribution in [-0.2, 0) is 4.79 Å². The fourth-order valence-corrected chi connectivity index (χ4v) is 2.03. The third-order valence-corrected chi connectivity index (χ3v) is 3.26. The number of amides is 1. The molecule has 0 radical (unpaired) electrons. The third kappa shape index (κ3) is 4.18. The van der Waals surface area contributed by atoms with Gasteiger partial charge in [0, 0.05) is 6.04 Å². The van der Waals surface area contributed by atoms with Gasteiger partial charge in [0.05, 0.1) is 6.17 Å². The minimum Gasteiger partial charge on any atom is -0.484 e. The Hall–Kier alpha value is -1.66. The summed E-state index contributed by atoms with van der Waals surface area (Å²) in [6.45, 7) is 4.17. The van der Waals surface area contributed by atoms with Crippen molar-refractivity contribution in [2.75, 3.05) is 6.61 Å². The van der Waals surface area contributed by atoms with E-state index in [0.717, 1.165) is 6.42 Å². The Morgan fingerprint density at radius 3 is 2.70 bits per heavy atom. The van der Waals surface area contributed by atoms with E-state index in [1.807, 2.05) is 0 Å². The molecular formula is C14H20FN3O2. The van der Waals surface area contributed by atoms with Gasteiger partial charge in [0.2, 0.25) is 0 Å². The average molecular weight is 281 g/mol. The van der Waals surface area contributed by atoms with Crippen LogP contribution in [0.4, 0.5) is 4.39 Å². The van der Waals surface area contributed by atoms with Crippen molar-refractivity contribution in [2.24, 2.45) is 5.92 Å². The smallest absolute Gasteiger partial charge is 0.259 e. The van der Waals surface area contributed by atoms with Gasteiger partial charge in [0.15, 0.2) is 6.61 Å². The van der Waals surface area contributed by atoms with E-state index >= 15 is 0 Å². The highest BCUT2D eigenvalue weighted by Gasteiger charge is 2.26. The van der Waals surface area contributed by atoms with Crippen LogP contribution in [0.2, 0.25) is 0 Å². The molecule has 110 valence electrons. The van der Waals surface area contributed by atoms with Crippen LogP contribution in [0.15, 0.2) is 24.3 Å². The molecule has 0 aliphatic carbocycles. The summed E-state index contributed by atoms with van der Waals surface area (Å²) in [5, 5.41) is 2.83. The van der Waals surface area contributed by atoms with E-state index in [0.29, 0.717) is 17.7 Å². The van der Waals surface area contributed by atoms with E-state index < -0.39 is 0 Å². The zero-order valence-electron chi connectivity index (χ0n) is 11.7. The van der Waals surface area contributed by atoms with Gasteiger partial charge in [-0.15, -0.1) is 0 Å². The van der Waals surface area contributed by atoms with Gasteiger partial charge in [0.25, 0.3) is 5.91 Å². The van der Waals surface area contributed by atoms with E-state index in [1.165, 1.54) is 24.3 Å². The third-order valence-electron chi connectivity index (χ3n) is 3.26. The summed E-state index contributed by atoms with van der Waals surface area (Å²) >= 11 is 0. The van der Waals surface area contributed by atoms with Crippen molar-refractivity contribution >= 4 is 5.91 Å². The van der Waals surface area contributed by atoms with Crippen LogP contribution in [0.1, 0.15) is 20.3 Å². The van der Waals surface area contributed by atoms with Gasteiger partial charge in [-0.2, -0.15) is 0 Å². The van der Waals surface area contributed by atoms with Crippen molar-refractivity contribution in [2.45, 2.75) is 32.5 Å². The van der Waals surface area contributed by atoms with Crippen molar-refractivity contribution in [3.8, 4) is 5.75 Å². The topological polar surface area (TPSA) is 62.4 Å². The summed E-state index contributed by atoms with van der Waals surface area (Å²) in [5.41, 5.74) is 6.18. The minimum absolute atomic E-state index is 0.0871. The summed E-state index contributed by atoms with van der Waals surface area (Å²) in [4.78, 5) is 11.7. The molecule has 0 bridgehead atoms. The summed E-state index contributed by atoms with van der Waals surface area (Å²) in [6.07, 6.45) is 0.742. The molecule has 3 N–H and O–H groups in total. The lowest BCUT2D eigenvalue weighted by molar-refractivity contribution is -0.123. The molecule has 2 unspecified atom stereocenters. The van der Waals surface area contributed by atoms with Crippen LogP contribution < -0.4 is 20.9 Å². The Balaban J connectivity index is 1.72. The van der Waals surface area contributed by atoms with Crippen LogP contribution in [0.3, 0.4) is 0 Å². The summed E-state index contributed by atoms with van der Waals surface area (Å²) < 4.78 is 18.0. The number of carbonyl (C=O) groups is 1. The number of hydrogen-bond donors (Lipinski definition) is 3. The van der Waals surface area contributed by atoms with E-state index in [9.17, 15) is 9.18 Å². The van der Waals surface area contributed by atoms with Crippen molar-refractivity contribution < 1.29 is 13.9 Å². The molecule has 1 aromatic carbocycles. The second kappa shape index (κ2) is 6.67. The van der Waals surface area contributed by atoms with E-state index in [1.54, 1.807) is 0 Å². The van der Waals surface area contributed by atoms with Crippen LogP contribution in [0.5, 0.6) is 5.75 Å². The highest BCUT2D eigenvalue weighted by molar-refractivity contribution is 5.77. The number of nitrogens with one attached hydrogen (secondary N) is 3. The van der Waals surface area contributed by atoms with Crippen LogP contribution >= 0.6 is 0 Å². The maximum Gasteiger partial charge on any atom is 0.259 e. The van der Waals surface area contributed by atoms with Gasteiger partial charge in [0.1, 0.15) is 11.6 Å². The molecular weight excluding hydrogens is 261 g/mol. The first-order chi connectivity index (χ1) is 9.54. The number of ether oxygens (including phenoxy) is 1. The fourth-order valence-electron chi connectivity index (χ4n) is 2.03. The molecule has 2 rings (SSSR count). The highest BCUT2D eigenvalue weighted by atomic mass is 19.1. The molecule has 1 heterocycles. The van der Waals surface area contributed by atoms with Crippen molar-refractivity contribution in [1.82, 2.24) is 16.2 Å². The van der Waals surface area contributed by atoms with Crippen LogP contribution in [-0.4, -0.2) is 24.7 Å². The molecule has 0 aromatic heterocycles. The van der Waals surface area contributed by atoms with Gasteiger partial charge >= 0.3 is 0 Å². The van der Waals surface area contributed by atoms with Crippen molar-refractivity contribution in [3.05, 3.63) is 30.1 Å². The number of halogens is 1. The molecule has 1 amide bonds. The lowest BCUT2D eigenvalue weighted by Gasteiger charge is -2.14. The van der Waals surface area contributed by atoms with Gasteiger partial charge < -0.3 is 10.1 Å². The summed E-state index contributed by atoms with van der Waals surface area (Å²) in [6, 6.07) is 5.92. The zero-order valence-corrected chi connectivity index (χ0v) is 11.7. The zero-order chi connectivity index (χ0) is 14.5. The monoisotopic (exact) mass is 281 g/mol. The Bertz CT molecular complexity index is 450. The second-order valence-electron chi connectivity index (χ2n) is 5.24. The van der Waals surface area contributed by atoms with Crippen LogP contribution in [0, 0.1) is 11.7 Å². The maximum atomic E-state index is 12.7. The van der Waals surface area contributed by atoms with E-state index in [4.69, 9.17) is 4.74 Å². The van der Waals surface area contributed by atoms with Crippen molar-refractivity contribution in [3.63, 3.8) is 0 Å².